The smallest absolute Gasteiger partial charge is 0.306 e. The Kier molecular flexibility index (Phi) is 5.35. The molecule has 1 aromatic heterocycles. The topological polar surface area (TPSA) is 12.0 Å². The summed E-state index contributed by atoms with van der Waals surface area (Å²) >= 11 is 10.6. The Morgan fingerprint density at radius 2 is 2.00 bits per heavy atom. The fourth-order valence-corrected chi connectivity index (χ4v) is 3.92. The fraction of sp³-hybridized carbons (Fsp3) is 0.286. The van der Waals surface area contributed by atoms with Gasteiger partial charge in [-0.15, -0.1) is 11.3 Å². The van der Waals surface area contributed by atoms with Gasteiger partial charge in [0.25, 0.3) is 0 Å². The van der Waals surface area contributed by atoms with Crippen molar-refractivity contribution in [2.75, 3.05) is 6.54 Å². The third-order valence-corrected chi connectivity index (χ3v) is 5.47. The molecule has 1 heterocycles. The lowest BCUT2D eigenvalue weighted by atomic mass is 9.98. The lowest BCUT2D eigenvalue weighted by molar-refractivity contribution is -0.138. The van der Waals surface area contributed by atoms with Gasteiger partial charge in [-0.1, -0.05) is 36.7 Å². The highest BCUT2D eigenvalue weighted by molar-refractivity contribution is 9.11. The second kappa shape index (κ2) is 6.69. The summed E-state index contributed by atoms with van der Waals surface area (Å²) in [4.78, 5) is 0.741. The number of hydrogen-bond acceptors (Lipinski definition) is 2. The van der Waals surface area contributed by atoms with Crippen molar-refractivity contribution < 1.29 is 13.2 Å². The van der Waals surface area contributed by atoms with Crippen LogP contribution in [0.15, 0.2) is 34.1 Å². The Labute approximate surface area is 138 Å². The lowest BCUT2D eigenvalue weighted by Gasteiger charge is -2.21. The zero-order chi connectivity index (χ0) is 15.6. The summed E-state index contributed by atoms with van der Waals surface area (Å²) in [5.74, 6) is 0. The summed E-state index contributed by atoms with van der Waals surface area (Å²) in [7, 11) is 0. The predicted molar refractivity (Wildman–Crippen MR) is 84.0 cm³/mol. The highest BCUT2D eigenvalue weighted by Crippen LogP contribution is 2.41. The molecule has 0 saturated carbocycles. The van der Waals surface area contributed by atoms with E-state index >= 15 is 0 Å². The number of halogens is 5. The zero-order valence-electron chi connectivity index (χ0n) is 11.0. The van der Waals surface area contributed by atoms with Gasteiger partial charge in [-0.05, 0) is 40.2 Å². The summed E-state index contributed by atoms with van der Waals surface area (Å²) in [5.41, 5.74) is -0.422. The molecule has 1 nitrogen and oxygen atoms in total. The second-order valence-corrected chi connectivity index (χ2v) is 7.15. The van der Waals surface area contributed by atoms with E-state index in [9.17, 15) is 13.2 Å². The molecule has 0 bridgehead atoms. The molecule has 2 aromatic rings. The largest absolute Gasteiger partial charge is 0.416 e. The monoisotopic (exact) mass is 397 g/mol. The third kappa shape index (κ3) is 3.80. The number of thiophene rings is 1. The minimum absolute atomic E-state index is 0.206. The van der Waals surface area contributed by atoms with E-state index in [0.717, 1.165) is 10.9 Å². The second-order valence-electron chi connectivity index (χ2n) is 4.35. The summed E-state index contributed by atoms with van der Waals surface area (Å²) in [6.45, 7) is 2.40. The summed E-state index contributed by atoms with van der Waals surface area (Å²) in [6.07, 6.45) is -4.39. The van der Waals surface area contributed by atoms with Crippen molar-refractivity contribution in [1.82, 2.24) is 5.32 Å². The number of alkyl halides is 3. The SMILES string of the molecule is CCNC(c1cc(Cl)c(Br)s1)c1ccccc1C(F)(F)F. The predicted octanol–water partition coefficient (Wildman–Crippen LogP) is 5.88. The minimum atomic E-state index is -4.39. The van der Waals surface area contributed by atoms with Crippen LogP contribution >= 0.6 is 38.9 Å². The molecule has 0 saturated heterocycles. The molecule has 1 atom stereocenters. The van der Waals surface area contributed by atoms with Crippen LogP contribution in [-0.2, 0) is 6.18 Å². The first-order valence-corrected chi connectivity index (χ1v) is 8.17. The van der Waals surface area contributed by atoms with E-state index < -0.39 is 17.8 Å². The molecule has 0 aliphatic heterocycles. The maximum atomic E-state index is 13.2. The van der Waals surface area contributed by atoms with Gasteiger partial charge in [0.15, 0.2) is 0 Å². The Morgan fingerprint density at radius 3 is 2.52 bits per heavy atom. The van der Waals surface area contributed by atoms with Crippen molar-refractivity contribution in [2.45, 2.75) is 19.1 Å². The van der Waals surface area contributed by atoms with Gasteiger partial charge in [-0.3, -0.25) is 0 Å². The average molecular weight is 399 g/mol. The van der Waals surface area contributed by atoms with Crippen LogP contribution in [0.2, 0.25) is 5.02 Å². The first-order chi connectivity index (χ1) is 9.84. The van der Waals surface area contributed by atoms with Crippen molar-refractivity contribution in [3.8, 4) is 0 Å². The van der Waals surface area contributed by atoms with Gasteiger partial charge in [0.1, 0.15) is 0 Å². The van der Waals surface area contributed by atoms with Crippen LogP contribution < -0.4 is 5.32 Å². The lowest BCUT2D eigenvalue weighted by Crippen LogP contribution is -2.24. The standard InChI is InChI=1S/C14H12BrClF3NS/c1-2-20-12(11-7-10(16)13(15)21-11)8-5-3-4-6-9(8)14(17,18)19/h3-7,12,20H,2H2,1H3. The van der Waals surface area contributed by atoms with Crippen LogP contribution in [0.3, 0.4) is 0 Å². The van der Waals surface area contributed by atoms with Gasteiger partial charge >= 0.3 is 6.18 Å². The van der Waals surface area contributed by atoms with E-state index in [0.29, 0.717) is 15.4 Å². The van der Waals surface area contributed by atoms with E-state index in [4.69, 9.17) is 11.6 Å². The molecule has 0 radical (unpaired) electrons. The van der Waals surface area contributed by atoms with Crippen LogP contribution in [0, 0.1) is 0 Å². The van der Waals surface area contributed by atoms with Gasteiger partial charge in [0.2, 0.25) is 0 Å². The normalized spacial score (nSPS) is 13.4. The van der Waals surface area contributed by atoms with Crippen molar-refractivity contribution in [3.63, 3.8) is 0 Å². The molecule has 1 aromatic carbocycles. The third-order valence-electron chi connectivity index (χ3n) is 2.93. The highest BCUT2D eigenvalue weighted by atomic mass is 79.9. The van der Waals surface area contributed by atoms with Crippen LogP contribution in [0.5, 0.6) is 0 Å². The van der Waals surface area contributed by atoms with Gasteiger partial charge in [0.05, 0.1) is 20.4 Å². The van der Waals surface area contributed by atoms with Crippen LogP contribution in [0.25, 0.3) is 0 Å². The van der Waals surface area contributed by atoms with Crippen molar-refractivity contribution >= 4 is 38.9 Å². The molecule has 1 unspecified atom stereocenters. The van der Waals surface area contributed by atoms with Crippen molar-refractivity contribution in [1.29, 1.82) is 0 Å². The van der Waals surface area contributed by atoms with Crippen molar-refractivity contribution in [3.05, 3.63) is 55.1 Å². The number of benzene rings is 1. The van der Waals surface area contributed by atoms with Gasteiger partial charge in [0, 0.05) is 4.88 Å². The first-order valence-electron chi connectivity index (χ1n) is 6.18. The molecule has 21 heavy (non-hydrogen) atoms. The van der Waals surface area contributed by atoms with E-state index in [2.05, 4.69) is 21.2 Å². The van der Waals surface area contributed by atoms with E-state index in [-0.39, 0.29) is 5.56 Å². The summed E-state index contributed by atoms with van der Waals surface area (Å²) < 4.78 is 40.3. The first kappa shape index (κ1) is 16.8. The Balaban J connectivity index is 2.53. The molecule has 0 spiro atoms. The minimum Gasteiger partial charge on any atom is -0.306 e. The average Bonchev–Trinajstić information content (AvgIpc) is 2.75. The molecule has 0 fully saturated rings. The summed E-state index contributed by atoms with van der Waals surface area (Å²) in [5, 5.41) is 3.60. The number of rotatable bonds is 4. The van der Waals surface area contributed by atoms with Gasteiger partial charge in [-0.2, -0.15) is 13.2 Å². The molecule has 114 valence electrons. The van der Waals surface area contributed by atoms with E-state index in [1.807, 2.05) is 6.92 Å². The fourth-order valence-electron chi connectivity index (χ4n) is 2.08. The summed E-state index contributed by atoms with van der Waals surface area (Å²) in [6, 6.07) is 6.76. The Hall–Kier alpha value is -0.560. The molecular weight excluding hydrogens is 387 g/mol. The number of nitrogens with one attached hydrogen (secondary N) is 1. The van der Waals surface area contributed by atoms with Gasteiger partial charge < -0.3 is 5.32 Å². The Morgan fingerprint density at radius 1 is 1.33 bits per heavy atom. The van der Waals surface area contributed by atoms with Crippen LogP contribution in [0.4, 0.5) is 13.2 Å². The quantitative estimate of drug-likeness (QED) is 0.678. The molecule has 1 N–H and O–H groups in total. The Bertz CT molecular complexity index is 607. The highest BCUT2D eigenvalue weighted by Gasteiger charge is 2.35. The van der Waals surface area contributed by atoms with Gasteiger partial charge in [-0.25, -0.2) is 0 Å². The maximum Gasteiger partial charge on any atom is 0.416 e. The van der Waals surface area contributed by atoms with Crippen LogP contribution in [0.1, 0.15) is 29.0 Å². The molecule has 2 rings (SSSR count). The van der Waals surface area contributed by atoms with Crippen LogP contribution in [-0.4, -0.2) is 6.54 Å². The molecular formula is C14H12BrClF3NS. The molecule has 7 heteroatoms. The van der Waals surface area contributed by atoms with E-state index in [1.165, 1.54) is 23.5 Å². The van der Waals surface area contributed by atoms with E-state index in [1.54, 1.807) is 12.1 Å². The molecule has 0 amide bonds. The number of hydrogen-bond donors (Lipinski definition) is 1. The molecule has 0 aliphatic rings. The van der Waals surface area contributed by atoms with Crippen molar-refractivity contribution in [2.24, 2.45) is 0 Å². The zero-order valence-corrected chi connectivity index (χ0v) is 14.1. The molecule has 0 aliphatic carbocycles. The maximum absolute atomic E-state index is 13.2.